The van der Waals surface area contributed by atoms with Crippen LogP contribution in [0.25, 0.3) is 0 Å². The molecule has 0 radical (unpaired) electrons. The van der Waals surface area contributed by atoms with E-state index in [0.29, 0.717) is 19.7 Å². The fraction of sp³-hybridized carbons (Fsp3) is 0.923. The lowest BCUT2D eigenvalue weighted by Gasteiger charge is -2.28. The summed E-state index contributed by atoms with van der Waals surface area (Å²) in [6, 6.07) is 0. The number of likely N-dealkylation sites (tertiary alicyclic amines) is 1. The lowest BCUT2D eigenvalue weighted by Crippen LogP contribution is -2.43. The summed E-state index contributed by atoms with van der Waals surface area (Å²) in [5.41, 5.74) is 0. The molecule has 2 N–H and O–H groups in total. The molecule has 1 heterocycles. The van der Waals surface area contributed by atoms with E-state index in [0.717, 1.165) is 45.4 Å². The molecule has 1 aliphatic rings. The summed E-state index contributed by atoms with van der Waals surface area (Å²) in [6.45, 7) is 6.12. The predicted octanol–water partition coefficient (Wildman–Crippen LogP) is 0.376. The van der Waals surface area contributed by atoms with Crippen molar-refractivity contribution in [1.82, 2.24) is 10.2 Å². The second kappa shape index (κ2) is 9.30. The summed E-state index contributed by atoms with van der Waals surface area (Å²) < 4.78 is 5.37. The highest BCUT2D eigenvalue weighted by Gasteiger charge is 2.18. The fourth-order valence-electron chi connectivity index (χ4n) is 1.95. The Bertz CT molecular complexity index is 228. The van der Waals surface area contributed by atoms with Crippen LogP contribution in [0.4, 0.5) is 0 Å². The highest BCUT2D eigenvalue weighted by Crippen LogP contribution is 2.08. The van der Waals surface area contributed by atoms with Gasteiger partial charge in [0, 0.05) is 26.2 Å². The fourth-order valence-corrected chi connectivity index (χ4v) is 1.95. The van der Waals surface area contributed by atoms with Gasteiger partial charge in [0.05, 0.1) is 19.3 Å². The number of piperidine rings is 1. The Labute approximate surface area is 109 Å². The van der Waals surface area contributed by atoms with Crippen molar-refractivity contribution >= 4 is 5.91 Å². The molecule has 1 fully saturated rings. The number of carbonyl (C=O) groups excluding carboxylic acids is 1. The molecule has 0 atom stereocenters. The summed E-state index contributed by atoms with van der Waals surface area (Å²) in [5.74, 6) is 0.0467. The molecule has 18 heavy (non-hydrogen) atoms. The Kier molecular flexibility index (Phi) is 7.96. The number of hydrogen-bond acceptors (Lipinski definition) is 4. The Morgan fingerprint density at radius 1 is 1.39 bits per heavy atom. The minimum atomic E-state index is -0.184. The van der Waals surface area contributed by atoms with Crippen molar-refractivity contribution in [3.63, 3.8) is 0 Å². The third-order valence-corrected chi connectivity index (χ3v) is 3.14. The van der Waals surface area contributed by atoms with Gasteiger partial charge in [0.25, 0.3) is 0 Å². The number of nitrogens with zero attached hydrogens (tertiary/aromatic N) is 1. The van der Waals surface area contributed by atoms with Crippen LogP contribution >= 0.6 is 0 Å². The first-order valence-electron chi connectivity index (χ1n) is 6.97. The predicted molar refractivity (Wildman–Crippen MR) is 70.4 cm³/mol. The molecule has 0 bridgehead atoms. The van der Waals surface area contributed by atoms with Crippen molar-refractivity contribution in [2.24, 2.45) is 0 Å². The largest absolute Gasteiger partial charge is 0.393 e. The first-order chi connectivity index (χ1) is 8.72. The van der Waals surface area contributed by atoms with E-state index >= 15 is 0 Å². The second-order valence-corrected chi connectivity index (χ2v) is 4.82. The average Bonchev–Trinajstić information content (AvgIpc) is 2.36. The van der Waals surface area contributed by atoms with Crippen molar-refractivity contribution in [1.29, 1.82) is 0 Å². The van der Waals surface area contributed by atoms with E-state index in [1.807, 2.05) is 0 Å². The van der Waals surface area contributed by atoms with Crippen LogP contribution in [-0.2, 0) is 9.53 Å². The maximum absolute atomic E-state index is 11.6. The Morgan fingerprint density at radius 2 is 2.11 bits per heavy atom. The number of amides is 1. The van der Waals surface area contributed by atoms with Gasteiger partial charge < -0.3 is 15.2 Å². The van der Waals surface area contributed by atoms with Crippen molar-refractivity contribution in [3.8, 4) is 0 Å². The number of ether oxygens (including phenoxy) is 1. The first kappa shape index (κ1) is 15.4. The van der Waals surface area contributed by atoms with E-state index < -0.39 is 0 Å². The van der Waals surface area contributed by atoms with Crippen LogP contribution in [0, 0.1) is 0 Å². The number of carbonyl (C=O) groups is 1. The van der Waals surface area contributed by atoms with Crippen molar-refractivity contribution in [2.45, 2.75) is 38.7 Å². The Morgan fingerprint density at radius 3 is 2.78 bits per heavy atom. The molecule has 0 aliphatic carbocycles. The van der Waals surface area contributed by atoms with Gasteiger partial charge in [-0.15, -0.1) is 0 Å². The second-order valence-electron chi connectivity index (χ2n) is 4.82. The topological polar surface area (TPSA) is 61.8 Å². The molecular weight excluding hydrogens is 232 g/mol. The van der Waals surface area contributed by atoms with Gasteiger partial charge >= 0.3 is 0 Å². The summed E-state index contributed by atoms with van der Waals surface area (Å²) in [4.78, 5) is 13.7. The zero-order valence-corrected chi connectivity index (χ0v) is 11.4. The first-order valence-corrected chi connectivity index (χ1v) is 6.97. The maximum Gasteiger partial charge on any atom is 0.234 e. The van der Waals surface area contributed by atoms with Gasteiger partial charge in [-0.25, -0.2) is 0 Å². The number of unbranched alkanes of at least 4 members (excludes halogenated alkanes) is 1. The van der Waals surface area contributed by atoms with E-state index in [1.54, 1.807) is 0 Å². The van der Waals surface area contributed by atoms with Gasteiger partial charge in [-0.2, -0.15) is 0 Å². The summed E-state index contributed by atoms with van der Waals surface area (Å²) in [6.07, 6.45) is 3.56. The minimum Gasteiger partial charge on any atom is -0.393 e. The minimum absolute atomic E-state index is 0.0467. The smallest absolute Gasteiger partial charge is 0.234 e. The van der Waals surface area contributed by atoms with E-state index in [2.05, 4.69) is 17.1 Å². The monoisotopic (exact) mass is 258 g/mol. The lowest BCUT2D eigenvalue weighted by molar-refractivity contribution is -0.123. The van der Waals surface area contributed by atoms with Crippen molar-refractivity contribution < 1.29 is 14.6 Å². The molecule has 1 aliphatic heterocycles. The number of hydrogen-bond donors (Lipinski definition) is 2. The van der Waals surface area contributed by atoms with Gasteiger partial charge in [0.1, 0.15) is 0 Å². The molecule has 1 amide bonds. The molecular formula is C13H26N2O3. The summed E-state index contributed by atoms with van der Waals surface area (Å²) >= 11 is 0. The number of aliphatic hydroxyl groups excluding tert-OH is 1. The molecule has 5 nitrogen and oxygen atoms in total. The average molecular weight is 258 g/mol. The molecule has 5 heteroatoms. The highest BCUT2D eigenvalue weighted by molar-refractivity contribution is 5.77. The number of aliphatic hydroxyl groups is 1. The SMILES string of the molecule is CCCCOCCNC(=O)CN1CCC(O)CC1. The third kappa shape index (κ3) is 6.93. The van der Waals surface area contributed by atoms with Crippen LogP contribution in [0.2, 0.25) is 0 Å². The van der Waals surface area contributed by atoms with Crippen LogP contribution in [-0.4, -0.2) is 61.4 Å². The maximum atomic E-state index is 11.6. The summed E-state index contributed by atoms with van der Waals surface area (Å²) in [7, 11) is 0. The molecule has 0 saturated carbocycles. The van der Waals surface area contributed by atoms with Crippen LogP contribution in [0.15, 0.2) is 0 Å². The Hall–Kier alpha value is -0.650. The summed E-state index contributed by atoms with van der Waals surface area (Å²) in [5, 5.41) is 12.2. The quantitative estimate of drug-likeness (QED) is 0.618. The van der Waals surface area contributed by atoms with E-state index in [4.69, 9.17) is 4.74 Å². The molecule has 1 saturated heterocycles. The molecule has 0 aromatic carbocycles. The van der Waals surface area contributed by atoms with Crippen LogP contribution in [0.5, 0.6) is 0 Å². The van der Waals surface area contributed by atoms with E-state index in [-0.39, 0.29) is 12.0 Å². The third-order valence-electron chi connectivity index (χ3n) is 3.14. The molecule has 0 spiro atoms. The zero-order valence-electron chi connectivity index (χ0n) is 11.4. The highest BCUT2D eigenvalue weighted by atomic mass is 16.5. The van der Waals surface area contributed by atoms with Crippen molar-refractivity contribution in [3.05, 3.63) is 0 Å². The Balaban J connectivity index is 1.97. The lowest BCUT2D eigenvalue weighted by atomic mass is 10.1. The van der Waals surface area contributed by atoms with Crippen LogP contribution < -0.4 is 5.32 Å². The van der Waals surface area contributed by atoms with Crippen LogP contribution in [0.3, 0.4) is 0 Å². The molecule has 0 aromatic rings. The number of rotatable bonds is 8. The van der Waals surface area contributed by atoms with Gasteiger partial charge in [0.2, 0.25) is 5.91 Å². The molecule has 0 aromatic heterocycles. The standard InChI is InChI=1S/C13H26N2O3/c1-2-3-9-18-10-6-14-13(17)11-15-7-4-12(16)5-8-15/h12,16H,2-11H2,1H3,(H,14,17). The van der Waals surface area contributed by atoms with Gasteiger partial charge in [0.15, 0.2) is 0 Å². The van der Waals surface area contributed by atoms with Gasteiger partial charge in [-0.05, 0) is 19.3 Å². The normalized spacial score (nSPS) is 17.9. The zero-order chi connectivity index (χ0) is 13.2. The van der Waals surface area contributed by atoms with Gasteiger partial charge in [-0.1, -0.05) is 13.3 Å². The molecule has 0 unspecified atom stereocenters. The number of nitrogens with one attached hydrogen (secondary N) is 1. The van der Waals surface area contributed by atoms with Crippen LogP contribution in [0.1, 0.15) is 32.6 Å². The van der Waals surface area contributed by atoms with Gasteiger partial charge in [-0.3, -0.25) is 9.69 Å². The van der Waals surface area contributed by atoms with E-state index in [1.165, 1.54) is 0 Å². The molecule has 1 rings (SSSR count). The molecule has 106 valence electrons. The van der Waals surface area contributed by atoms with Crippen molar-refractivity contribution in [2.75, 3.05) is 39.4 Å². The van der Waals surface area contributed by atoms with E-state index in [9.17, 15) is 9.90 Å².